The summed E-state index contributed by atoms with van der Waals surface area (Å²) in [5, 5.41) is 0. The van der Waals surface area contributed by atoms with Crippen molar-refractivity contribution in [2.75, 3.05) is 26.3 Å². The molecule has 2 aliphatic rings. The predicted molar refractivity (Wildman–Crippen MR) is 134 cm³/mol. The number of halogens is 1. The lowest BCUT2D eigenvalue weighted by Gasteiger charge is -2.18. The summed E-state index contributed by atoms with van der Waals surface area (Å²) in [6.07, 6.45) is 5.15. The van der Waals surface area contributed by atoms with E-state index >= 15 is 0 Å². The minimum atomic E-state index is -0.243. The van der Waals surface area contributed by atoms with Crippen LogP contribution in [0.15, 0.2) is 78.9 Å². The Hall–Kier alpha value is -2.91. The highest BCUT2D eigenvalue weighted by atomic mass is 19.1. The molecule has 0 spiro atoms. The fourth-order valence-electron chi connectivity index (χ4n) is 5.26. The van der Waals surface area contributed by atoms with Crippen LogP contribution < -0.4 is 4.74 Å². The number of hydrogen-bond donors (Lipinski definition) is 0. The number of benzene rings is 3. The molecule has 1 atom stereocenters. The van der Waals surface area contributed by atoms with Gasteiger partial charge in [-0.2, -0.15) is 0 Å². The second kappa shape index (κ2) is 10.4. The molecule has 0 bridgehead atoms. The summed E-state index contributed by atoms with van der Waals surface area (Å²) in [7, 11) is 0. The molecule has 0 aromatic heterocycles. The van der Waals surface area contributed by atoms with Crippen LogP contribution in [0.5, 0.6) is 5.75 Å². The van der Waals surface area contributed by atoms with Gasteiger partial charge in [0.05, 0.1) is 6.67 Å². The molecule has 1 heterocycles. The summed E-state index contributed by atoms with van der Waals surface area (Å²) in [6.45, 7) is 2.46. The molecular weight excluding hydrogens is 409 g/mol. The zero-order chi connectivity index (χ0) is 22.5. The minimum Gasteiger partial charge on any atom is -0.489 e. The van der Waals surface area contributed by atoms with Crippen LogP contribution in [-0.4, -0.2) is 37.3 Å². The van der Waals surface area contributed by atoms with Gasteiger partial charge in [0, 0.05) is 19.6 Å². The molecule has 1 aliphatic carbocycles. The Balaban J connectivity index is 1.43. The molecule has 0 N–H and O–H groups in total. The molecule has 3 heteroatoms. The Bertz CT molecular complexity index is 1090. The fourth-order valence-corrected chi connectivity index (χ4v) is 5.26. The van der Waals surface area contributed by atoms with Gasteiger partial charge in [0.25, 0.3) is 0 Å². The van der Waals surface area contributed by atoms with Gasteiger partial charge in [-0.15, -0.1) is 0 Å². The fraction of sp³-hybridized carbons (Fsp3) is 0.333. The van der Waals surface area contributed by atoms with Gasteiger partial charge in [-0.25, -0.2) is 0 Å². The summed E-state index contributed by atoms with van der Waals surface area (Å²) >= 11 is 0. The van der Waals surface area contributed by atoms with Crippen molar-refractivity contribution >= 4 is 11.1 Å². The van der Waals surface area contributed by atoms with Gasteiger partial charge in [-0.1, -0.05) is 66.7 Å². The standard InChI is InChI=1S/C30H32FNO/c31-19-7-20-32-21-18-27(22-32)33-26-16-14-25(15-17-26)30-28-12-5-4-10-24(28)11-6-13-29(30)23-8-2-1-3-9-23/h1-5,8-10,12,14-17,27H,6-7,11,13,18-22H2/t27-/m0/s1. The first kappa shape index (κ1) is 21.9. The lowest BCUT2D eigenvalue weighted by Crippen LogP contribution is -2.26. The summed E-state index contributed by atoms with van der Waals surface area (Å²) in [5.74, 6) is 0.917. The normalized spacial score (nSPS) is 18.8. The second-order valence-corrected chi connectivity index (χ2v) is 9.13. The number of fused-ring (bicyclic) bond motifs is 1. The predicted octanol–water partition coefficient (Wildman–Crippen LogP) is 6.79. The van der Waals surface area contributed by atoms with Crippen molar-refractivity contribution in [2.45, 2.75) is 38.2 Å². The molecule has 5 rings (SSSR count). The van der Waals surface area contributed by atoms with E-state index in [0.717, 1.165) is 51.1 Å². The molecule has 0 saturated carbocycles. The molecule has 170 valence electrons. The number of rotatable bonds is 7. The van der Waals surface area contributed by atoms with Crippen LogP contribution in [0.4, 0.5) is 4.39 Å². The number of aryl methyl sites for hydroxylation is 1. The van der Waals surface area contributed by atoms with Crippen LogP contribution in [0.1, 0.15) is 47.9 Å². The maximum Gasteiger partial charge on any atom is 0.119 e. The maximum absolute atomic E-state index is 12.5. The minimum absolute atomic E-state index is 0.188. The monoisotopic (exact) mass is 441 g/mol. The maximum atomic E-state index is 12.5. The molecule has 1 aliphatic heterocycles. The molecule has 0 radical (unpaired) electrons. The zero-order valence-electron chi connectivity index (χ0n) is 19.2. The molecule has 1 fully saturated rings. The third-order valence-electron chi connectivity index (χ3n) is 6.87. The van der Waals surface area contributed by atoms with Crippen molar-refractivity contribution in [3.8, 4) is 5.75 Å². The van der Waals surface area contributed by atoms with Crippen molar-refractivity contribution < 1.29 is 9.13 Å². The van der Waals surface area contributed by atoms with Gasteiger partial charge in [0.1, 0.15) is 11.9 Å². The van der Waals surface area contributed by atoms with E-state index in [-0.39, 0.29) is 12.8 Å². The average Bonchev–Trinajstić information content (AvgIpc) is 3.21. The van der Waals surface area contributed by atoms with Crippen molar-refractivity contribution in [1.29, 1.82) is 0 Å². The van der Waals surface area contributed by atoms with Gasteiger partial charge in [-0.3, -0.25) is 9.29 Å². The molecule has 3 aromatic carbocycles. The number of allylic oxidation sites excluding steroid dienone is 1. The molecule has 3 aromatic rings. The lowest BCUT2D eigenvalue weighted by molar-refractivity contribution is 0.198. The quantitative estimate of drug-likeness (QED) is 0.400. The van der Waals surface area contributed by atoms with Crippen LogP contribution >= 0.6 is 0 Å². The number of ether oxygens (including phenoxy) is 1. The van der Waals surface area contributed by atoms with Gasteiger partial charge < -0.3 is 4.74 Å². The third-order valence-corrected chi connectivity index (χ3v) is 6.87. The molecule has 0 amide bonds. The van der Waals surface area contributed by atoms with E-state index in [4.69, 9.17) is 4.74 Å². The van der Waals surface area contributed by atoms with Crippen molar-refractivity contribution in [2.24, 2.45) is 0 Å². The van der Waals surface area contributed by atoms with Gasteiger partial charge in [0.2, 0.25) is 0 Å². The summed E-state index contributed by atoms with van der Waals surface area (Å²) < 4.78 is 18.8. The first-order valence-corrected chi connectivity index (χ1v) is 12.2. The highest BCUT2D eigenvalue weighted by Gasteiger charge is 2.24. The van der Waals surface area contributed by atoms with Crippen LogP contribution in [0.2, 0.25) is 0 Å². The van der Waals surface area contributed by atoms with Crippen LogP contribution in [0, 0.1) is 0 Å². The largest absolute Gasteiger partial charge is 0.489 e. The number of alkyl halides is 1. The van der Waals surface area contributed by atoms with E-state index < -0.39 is 0 Å². The molecular formula is C30H32FNO. The van der Waals surface area contributed by atoms with Gasteiger partial charge >= 0.3 is 0 Å². The van der Waals surface area contributed by atoms with E-state index in [1.165, 1.54) is 33.4 Å². The van der Waals surface area contributed by atoms with Gasteiger partial charge in [0.15, 0.2) is 0 Å². The summed E-state index contributed by atoms with van der Waals surface area (Å²) in [6, 6.07) is 28.3. The van der Waals surface area contributed by atoms with E-state index in [1.54, 1.807) is 0 Å². The Morgan fingerprint density at radius 3 is 2.45 bits per heavy atom. The number of hydrogen-bond acceptors (Lipinski definition) is 2. The lowest BCUT2D eigenvalue weighted by atomic mass is 9.88. The smallest absolute Gasteiger partial charge is 0.119 e. The summed E-state index contributed by atoms with van der Waals surface area (Å²) in [5.41, 5.74) is 8.10. The van der Waals surface area contributed by atoms with E-state index in [9.17, 15) is 4.39 Å². The van der Waals surface area contributed by atoms with Crippen LogP contribution in [0.3, 0.4) is 0 Å². The third kappa shape index (κ3) is 5.04. The van der Waals surface area contributed by atoms with E-state index in [1.807, 2.05) is 0 Å². The first-order valence-electron chi connectivity index (χ1n) is 12.2. The Labute approximate surface area is 196 Å². The van der Waals surface area contributed by atoms with Gasteiger partial charge in [-0.05, 0) is 77.6 Å². The Kier molecular flexibility index (Phi) is 6.87. The number of nitrogens with zero attached hydrogens (tertiary/aromatic N) is 1. The summed E-state index contributed by atoms with van der Waals surface area (Å²) in [4.78, 5) is 2.30. The van der Waals surface area contributed by atoms with Crippen LogP contribution in [0.25, 0.3) is 11.1 Å². The second-order valence-electron chi connectivity index (χ2n) is 9.13. The topological polar surface area (TPSA) is 12.5 Å². The Morgan fingerprint density at radius 2 is 1.64 bits per heavy atom. The highest BCUT2D eigenvalue weighted by Crippen LogP contribution is 2.40. The zero-order valence-corrected chi connectivity index (χ0v) is 19.2. The SMILES string of the molecule is FCCCN1CC[C@H](Oc2ccc(C3=C(c4ccccc4)CCCc4ccccc43)cc2)C1. The van der Waals surface area contributed by atoms with E-state index in [2.05, 4.69) is 83.8 Å². The molecule has 33 heavy (non-hydrogen) atoms. The molecule has 1 saturated heterocycles. The molecule has 0 unspecified atom stereocenters. The number of likely N-dealkylation sites (tertiary alicyclic amines) is 1. The van der Waals surface area contributed by atoms with E-state index in [0.29, 0.717) is 6.42 Å². The van der Waals surface area contributed by atoms with Crippen molar-refractivity contribution in [3.63, 3.8) is 0 Å². The van der Waals surface area contributed by atoms with Crippen LogP contribution in [-0.2, 0) is 6.42 Å². The first-order chi connectivity index (χ1) is 16.3. The van der Waals surface area contributed by atoms with Crippen molar-refractivity contribution in [3.05, 3.63) is 101 Å². The average molecular weight is 442 g/mol. The van der Waals surface area contributed by atoms with Crippen molar-refractivity contribution in [1.82, 2.24) is 4.90 Å². The highest BCUT2D eigenvalue weighted by molar-refractivity contribution is 5.99. The molecule has 2 nitrogen and oxygen atoms in total. The Morgan fingerprint density at radius 1 is 0.848 bits per heavy atom.